The smallest absolute Gasteiger partial charge is 0.223 e. The van der Waals surface area contributed by atoms with Crippen LogP contribution in [0.3, 0.4) is 0 Å². The predicted molar refractivity (Wildman–Crippen MR) is 70.1 cm³/mol. The molecule has 0 aromatic carbocycles. The molecule has 1 saturated carbocycles. The number of hydrogen-bond acceptors (Lipinski definition) is 3. The molecule has 2 rings (SSSR count). The molecule has 4 heteroatoms. The highest BCUT2D eigenvalue weighted by atomic mass is 16.3. The molecule has 0 spiro atoms. The zero-order chi connectivity index (χ0) is 13.0. The number of nitrogens with zero attached hydrogens (tertiary/aromatic N) is 1. The second kappa shape index (κ2) is 6.05. The van der Waals surface area contributed by atoms with Gasteiger partial charge in [0.25, 0.3) is 0 Å². The first-order valence-electron chi connectivity index (χ1n) is 6.66. The van der Waals surface area contributed by atoms with Crippen molar-refractivity contribution in [1.82, 2.24) is 10.2 Å². The summed E-state index contributed by atoms with van der Waals surface area (Å²) in [5.41, 5.74) is 0. The summed E-state index contributed by atoms with van der Waals surface area (Å²) in [5, 5.41) is 3.05. The van der Waals surface area contributed by atoms with E-state index in [9.17, 15) is 4.79 Å². The van der Waals surface area contributed by atoms with Crippen molar-refractivity contribution in [1.29, 1.82) is 0 Å². The van der Waals surface area contributed by atoms with Gasteiger partial charge in [0.2, 0.25) is 5.91 Å². The highest BCUT2D eigenvalue weighted by Gasteiger charge is 2.24. The van der Waals surface area contributed by atoms with Crippen molar-refractivity contribution < 1.29 is 9.21 Å². The molecule has 1 aromatic rings. The average Bonchev–Trinajstić information content (AvgIpc) is 3.01. The fraction of sp³-hybridized carbons (Fsp3) is 0.643. The van der Waals surface area contributed by atoms with Gasteiger partial charge in [0.05, 0.1) is 12.3 Å². The maximum atomic E-state index is 12.0. The Morgan fingerprint density at radius 3 is 2.78 bits per heavy atom. The van der Waals surface area contributed by atoms with E-state index in [1.165, 1.54) is 12.8 Å². The first-order valence-corrected chi connectivity index (χ1v) is 6.66. The third kappa shape index (κ3) is 3.13. The zero-order valence-electron chi connectivity index (χ0n) is 11.2. The van der Waals surface area contributed by atoms with Crippen LogP contribution >= 0.6 is 0 Å². The molecular weight excluding hydrogens is 228 g/mol. The Bertz CT molecular complexity index is 367. The summed E-state index contributed by atoms with van der Waals surface area (Å²) < 4.78 is 5.42. The van der Waals surface area contributed by atoms with Gasteiger partial charge in [-0.05, 0) is 39.1 Å². The molecule has 1 aromatic heterocycles. The SMILES string of the molecule is CN(C)[C@@H](CNC(=O)C1CCCC1)c1ccco1. The number of hydrogen-bond donors (Lipinski definition) is 1. The third-order valence-corrected chi connectivity index (χ3v) is 3.69. The summed E-state index contributed by atoms with van der Waals surface area (Å²) in [4.78, 5) is 14.0. The van der Waals surface area contributed by atoms with Crippen molar-refractivity contribution in [2.24, 2.45) is 5.92 Å². The molecule has 0 bridgehead atoms. The molecule has 1 heterocycles. The van der Waals surface area contributed by atoms with Crippen LogP contribution in [0.25, 0.3) is 0 Å². The Morgan fingerprint density at radius 1 is 1.50 bits per heavy atom. The van der Waals surface area contributed by atoms with E-state index in [1.807, 2.05) is 26.2 Å². The van der Waals surface area contributed by atoms with Gasteiger partial charge in [-0.1, -0.05) is 12.8 Å². The topological polar surface area (TPSA) is 45.5 Å². The van der Waals surface area contributed by atoms with Crippen molar-refractivity contribution in [2.45, 2.75) is 31.7 Å². The molecule has 1 aliphatic carbocycles. The summed E-state index contributed by atoms with van der Waals surface area (Å²) in [6, 6.07) is 3.93. The minimum atomic E-state index is 0.102. The van der Waals surface area contributed by atoms with Crippen LogP contribution in [0.15, 0.2) is 22.8 Å². The number of nitrogens with one attached hydrogen (secondary N) is 1. The predicted octanol–water partition coefficient (Wildman–Crippen LogP) is 2.19. The first kappa shape index (κ1) is 13.1. The number of carbonyl (C=O) groups is 1. The Hall–Kier alpha value is -1.29. The number of likely N-dealkylation sites (N-methyl/N-ethyl adjacent to an activating group) is 1. The summed E-state index contributed by atoms with van der Waals surface area (Å²) in [5.74, 6) is 1.32. The van der Waals surface area contributed by atoms with Gasteiger partial charge in [0.15, 0.2) is 0 Å². The summed E-state index contributed by atoms with van der Waals surface area (Å²) >= 11 is 0. The normalized spacial score (nSPS) is 18.2. The number of rotatable bonds is 5. The van der Waals surface area contributed by atoms with E-state index in [4.69, 9.17) is 4.42 Å². The van der Waals surface area contributed by atoms with Crippen molar-refractivity contribution in [3.05, 3.63) is 24.2 Å². The molecule has 18 heavy (non-hydrogen) atoms. The van der Waals surface area contributed by atoms with Gasteiger partial charge in [-0.25, -0.2) is 0 Å². The standard InChI is InChI=1S/C14H22N2O2/c1-16(2)12(13-8-5-9-18-13)10-15-14(17)11-6-3-4-7-11/h5,8-9,11-12H,3-4,6-7,10H2,1-2H3,(H,15,17)/t12-/m0/s1. The molecule has 100 valence electrons. The van der Waals surface area contributed by atoms with E-state index >= 15 is 0 Å². The molecule has 0 unspecified atom stereocenters. The molecule has 0 radical (unpaired) electrons. The van der Waals surface area contributed by atoms with Crippen LogP contribution in [0.2, 0.25) is 0 Å². The van der Waals surface area contributed by atoms with Crippen LogP contribution in [0.4, 0.5) is 0 Å². The van der Waals surface area contributed by atoms with Crippen LogP contribution in [0.1, 0.15) is 37.5 Å². The van der Waals surface area contributed by atoms with Gasteiger partial charge in [-0.15, -0.1) is 0 Å². The number of carbonyl (C=O) groups excluding carboxylic acids is 1. The second-order valence-electron chi connectivity index (χ2n) is 5.22. The van der Waals surface area contributed by atoms with Crippen molar-refractivity contribution >= 4 is 5.91 Å². The maximum Gasteiger partial charge on any atom is 0.223 e. The first-order chi connectivity index (χ1) is 8.68. The highest BCUT2D eigenvalue weighted by molar-refractivity contribution is 5.78. The lowest BCUT2D eigenvalue weighted by atomic mass is 10.1. The van der Waals surface area contributed by atoms with Crippen LogP contribution in [-0.2, 0) is 4.79 Å². The van der Waals surface area contributed by atoms with Crippen molar-refractivity contribution in [3.63, 3.8) is 0 Å². The van der Waals surface area contributed by atoms with Gasteiger partial charge in [-0.3, -0.25) is 9.69 Å². The monoisotopic (exact) mass is 250 g/mol. The van der Waals surface area contributed by atoms with Gasteiger partial charge in [0.1, 0.15) is 5.76 Å². The highest BCUT2D eigenvalue weighted by Crippen LogP contribution is 2.25. The Morgan fingerprint density at radius 2 is 2.22 bits per heavy atom. The Balaban J connectivity index is 1.88. The zero-order valence-corrected chi connectivity index (χ0v) is 11.2. The Kier molecular flexibility index (Phi) is 4.42. The molecular formula is C14H22N2O2. The van der Waals surface area contributed by atoms with Gasteiger partial charge >= 0.3 is 0 Å². The van der Waals surface area contributed by atoms with E-state index < -0.39 is 0 Å². The molecule has 1 atom stereocenters. The molecule has 1 N–H and O–H groups in total. The lowest BCUT2D eigenvalue weighted by Crippen LogP contribution is -2.37. The fourth-order valence-electron chi connectivity index (χ4n) is 2.55. The lowest BCUT2D eigenvalue weighted by Gasteiger charge is -2.23. The molecule has 1 amide bonds. The summed E-state index contributed by atoms with van der Waals surface area (Å²) in [7, 11) is 3.99. The average molecular weight is 250 g/mol. The van der Waals surface area contributed by atoms with E-state index in [2.05, 4.69) is 10.2 Å². The van der Waals surface area contributed by atoms with Gasteiger partial charge in [0, 0.05) is 12.5 Å². The molecule has 1 fully saturated rings. The Labute approximate surface area is 108 Å². The van der Waals surface area contributed by atoms with Crippen molar-refractivity contribution in [2.75, 3.05) is 20.6 Å². The summed E-state index contributed by atoms with van der Waals surface area (Å²) in [6.45, 7) is 0.607. The van der Waals surface area contributed by atoms with Crippen molar-refractivity contribution in [3.8, 4) is 0 Å². The van der Waals surface area contributed by atoms with Crippen LogP contribution in [0.5, 0.6) is 0 Å². The quantitative estimate of drug-likeness (QED) is 0.871. The van der Waals surface area contributed by atoms with Gasteiger partial charge < -0.3 is 9.73 Å². The van der Waals surface area contributed by atoms with E-state index in [0.29, 0.717) is 6.54 Å². The minimum absolute atomic E-state index is 0.102. The molecule has 0 saturated heterocycles. The molecule has 4 nitrogen and oxygen atoms in total. The van der Waals surface area contributed by atoms with E-state index in [0.717, 1.165) is 18.6 Å². The number of furan rings is 1. The van der Waals surface area contributed by atoms with Gasteiger partial charge in [-0.2, -0.15) is 0 Å². The molecule has 0 aliphatic heterocycles. The number of amides is 1. The minimum Gasteiger partial charge on any atom is -0.468 e. The van der Waals surface area contributed by atoms with Crippen LogP contribution in [0, 0.1) is 5.92 Å². The third-order valence-electron chi connectivity index (χ3n) is 3.69. The van der Waals surface area contributed by atoms with Crippen LogP contribution < -0.4 is 5.32 Å². The van der Waals surface area contributed by atoms with E-state index in [-0.39, 0.29) is 17.9 Å². The fourth-order valence-corrected chi connectivity index (χ4v) is 2.55. The van der Waals surface area contributed by atoms with E-state index in [1.54, 1.807) is 6.26 Å². The second-order valence-corrected chi connectivity index (χ2v) is 5.22. The van der Waals surface area contributed by atoms with Crippen LogP contribution in [-0.4, -0.2) is 31.4 Å². The largest absolute Gasteiger partial charge is 0.468 e. The summed E-state index contributed by atoms with van der Waals surface area (Å²) in [6.07, 6.45) is 6.13. The maximum absolute atomic E-state index is 12.0. The molecule has 1 aliphatic rings. The lowest BCUT2D eigenvalue weighted by molar-refractivity contribution is -0.125.